The molecule has 7 nitrogen and oxygen atoms in total. The molecule has 0 spiro atoms. The molecule has 1 aliphatic rings. The molecular weight excluding hydrogens is 314 g/mol. The summed E-state index contributed by atoms with van der Waals surface area (Å²) in [5.74, 6) is -0.0718. The Morgan fingerprint density at radius 1 is 1.37 bits per heavy atom. The second-order valence-corrected chi connectivity index (χ2v) is 6.57. The topological polar surface area (TPSA) is 122 Å². The summed E-state index contributed by atoms with van der Waals surface area (Å²) in [5, 5.41) is 0.0834. The van der Waals surface area contributed by atoms with Crippen LogP contribution in [-0.4, -0.2) is 30.4 Å². The molecule has 0 fully saturated rings. The molecule has 10 heteroatoms. The Labute approximate surface area is 118 Å². The zero-order chi connectivity index (χ0) is 14.3. The summed E-state index contributed by atoms with van der Waals surface area (Å²) in [5.41, 5.74) is 4.27. The van der Waals surface area contributed by atoms with Gasteiger partial charge < -0.3 is 15.5 Å². The smallest absolute Gasteiger partial charge is 0.335 e. The zero-order valence-corrected chi connectivity index (χ0v) is 11.7. The first kappa shape index (κ1) is 14.4. The minimum atomic E-state index is -4.58. The number of alkyl halides is 1. The largest absolute Gasteiger partial charge is 0.399 e. The molecule has 102 valence electrons. The van der Waals surface area contributed by atoms with E-state index in [1.165, 1.54) is 12.2 Å². The molecule has 2 unspecified atom stereocenters. The van der Waals surface area contributed by atoms with Gasteiger partial charge in [-0.25, -0.2) is 15.0 Å². The van der Waals surface area contributed by atoms with E-state index >= 15 is 0 Å². The lowest BCUT2D eigenvalue weighted by Crippen LogP contribution is -2.41. The number of hydrogen-bond donors (Lipinski definition) is 3. The summed E-state index contributed by atoms with van der Waals surface area (Å²) < 4.78 is 11.6. The Morgan fingerprint density at radius 2 is 1.95 bits per heavy atom. The van der Waals surface area contributed by atoms with Crippen LogP contribution < -0.4 is 5.73 Å². The second kappa shape index (κ2) is 4.85. The lowest BCUT2D eigenvalue weighted by molar-refractivity contribution is 0.354. The standard InChI is InChI=1S/C9H9Cl2N4O3P/c10-5-1-2-6(19(16,17)18)9(11,7(5)12)8-14-3-13-4-15-8/h1-4,6H,12H2,(H2,16,17,18). The number of rotatable bonds is 2. The Hall–Kier alpha value is -0.980. The third-order valence-electron chi connectivity index (χ3n) is 2.66. The molecule has 0 bridgehead atoms. The van der Waals surface area contributed by atoms with Crippen molar-refractivity contribution in [2.75, 3.05) is 0 Å². The van der Waals surface area contributed by atoms with Crippen LogP contribution >= 0.6 is 30.8 Å². The van der Waals surface area contributed by atoms with Crippen molar-refractivity contribution in [3.8, 4) is 0 Å². The van der Waals surface area contributed by atoms with Gasteiger partial charge in [-0.05, 0) is 6.08 Å². The molecule has 1 heterocycles. The predicted molar refractivity (Wildman–Crippen MR) is 69.4 cm³/mol. The van der Waals surface area contributed by atoms with Gasteiger partial charge in [0.05, 0.1) is 10.7 Å². The third kappa shape index (κ3) is 2.40. The van der Waals surface area contributed by atoms with Crippen molar-refractivity contribution >= 4 is 30.8 Å². The molecule has 0 saturated heterocycles. The van der Waals surface area contributed by atoms with Gasteiger partial charge in [0, 0.05) is 0 Å². The molecule has 2 rings (SSSR count). The van der Waals surface area contributed by atoms with Gasteiger partial charge >= 0.3 is 7.60 Å². The van der Waals surface area contributed by atoms with Gasteiger partial charge in [-0.1, -0.05) is 17.7 Å². The van der Waals surface area contributed by atoms with Crippen molar-refractivity contribution in [3.05, 3.63) is 41.4 Å². The summed E-state index contributed by atoms with van der Waals surface area (Å²) in [6.07, 6.45) is 4.81. The van der Waals surface area contributed by atoms with E-state index in [-0.39, 0.29) is 16.6 Å². The monoisotopic (exact) mass is 322 g/mol. The highest BCUT2D eigenvalue weighted by Crippen LogP contribution is 2.57. The van der Waals surface area contributed by atoms with E-state index in [0.29, 0.717) is 0 Å². The SMILES string of the molecule is NC1=C(Cl)C=CC(P(=O)(O)O)C1(Cl)c1ncncn1. The lowest BCUT2D eigenvalue weighted by atomic mass is 9.94. The highest BCUT2D eigenvalue weighted by atomic mass is 35.5. The van der Waals surface area contributed by atoms with Gasteiger partial charge in [-0.3, -0.25) is 4.57 Å². The van der Waals surface area contributed by atoms with Crippen molar-refractivity contribution in [1.82, 2.24) is 15.0 Å². The van der Waals surface area contributed by atoms with Crippen LogP contribution in [0.2, 0.25) is 0 Å². The average Bonchev–Trinajstić information content (AvgIpc) is 2.35. The van der Waals surface area contributed by atoms with Crippen LogP contribution in [-0.2, 0) is 9.44 Å². The Balaban J connectivity index is 2.67. The second-order valence-electron chi connectivity index (χ2n) is 3.83. The number of nitrogens with two attached hydrogens (primary N) is 1. The van der Waals surface area contributed by atoms with Crippen LogP contribution in [0.4, 0.5) is 0 Å². The van der Waals surface area contributed by atoms with Crippen molar-refractivity contribution in [3.63, 3.8) is 0 Å². The van der Waals surface area contributed by atoms with Crippen LogP contribution in [0.3, 0.4) is 0 Å². The van der Waals surface area contributed by atoms with E-state index in [1.54, 1.807) is 0 Å². The molecule has 1 aliphatic carbocycles. The Bertz CT molecular complexity index is 603. The first-order valence-corrected chi connectivity index (χ1v) is 7.42. The molecule has 0 radical (unpaired) electrons. The van der Waals surface area contributed by atoms with Gasteiger partial charge in [0.2, 0.25) is 0 Å². The summed E-state index contributed by atoms with van der Waals surface area (Å²) in [7, 11) is -4.58. The van der Waals surface area contributed by atoms with Crippen LogP contribution in [0.15, 0.2) is 35.5 Å². The predicted octanol–water partition coefficient (Wildman–Crippen LogP) is 0.831. The van der Waals surface area contributed by atoms with E-state index in [0.717, 1.165) is 12.7 Å². The highest BCUT2D eigenvalue weighted by Gasteiger charge is 2.53. The number of aromatic nitrogens is 3. The van der Waals surface area contributed by atoms with Gasteiger partial charge in [0.25, 0.3) is 0 Å². The maximum Gasteiger partial charge on any atom is 0.335 e. The maximum atomic E-state index is 11.6. The minimum Gasteiger partial charge on any atom is -0.399 e. The number of halogens is 2. The lowest BCUT2D eigenvalue weighted by Gasteiger charge is -2.35. The fourth-order valence-electron chi connectivity index (χ4n) is 1.75. The third-order valence-corrected chi connectivity index (χ3v) is 5.04. The van der Waals surface area contributed by atoms with E-state index in [4.69, 9.17) is 28.9 Å². The van der Waals surface area contributed by atoms with Crippen molar-refractivity contribution in [1.29, 1.82) is 0 Å². The fraction of sp³-hybridized carbons (Fsp3) is 0.222. The number of allylic oxidation sites excluding steroid dienone is 4. The minimum absolute atomic E-state index is 0.0718. The average molecular weight is 323 g/mol. The Morgan fingerprint density at radius 3 is 2.47 bits per heavy atom. The Kier molecular flexibility index (Phi) is 3.68. The van der Waals surface area contributed by atoms with Crippen LogP contribution in [0.1, 0.15) is 5.82 Å². The van der Waals surface area contributed by atoms with Crippen molar-refractivity contribution in [2.45, 2.75) is 10.5 Å². The van der Waals surface area contributed by atoms with E-state index in [1.807, 2.05) is 0 Å². The van der Waals surface area contributed by atoms with Gasteiger partial charge in [-0.15, -0.1) is 11.6 Å². The number of nitrogens with zero attached hydrogens (tertiary/aromatic N) is 3. The molecule has 1 aromatic heterocycles. The summed E-state index contributed by atoms with van der Waals surface area (Å²) in [6, 6.07) is 0. The first-order chi connectivity index (χ1) is 8.78. The van der Waals surface area contributed by atoms with Crippen LogP contribution in [0.5, 0.6) is 0 Å². The number of hydrogen-bond acceptors (Lipinski definition) is 5. The molecule has 0 amide bonds. The molecule has 19 heavy (non-hydrogen) atoms. The molecule has 0 aliphatic heterocycles. The van der Waals surface area contributed by atoms with Crippen molar-refractivity contribution in [2.24, 2.45) is 5.73 Å². The van der Waals surface area contributed by atoms with Gasteiger partial charge in [0.15, 0.2) is 10.7 Å². The van der Waals surface area contributed by atoms with E-state index < -0.39 is 18.1 Å². The summed E-state index contributed by atoms with van der Waals surface area (Å²) >= 11 is 12.2. The van der Waals surface area contributed by atoms with E-state index in [9.17, 15) is 14.4 Å². The maximum absolute atomic E-state index is 11.6. The fourth-order valence-corrected chi connectivity index (χ4v) is 3.71. The van der Waals surface area contributed by atoms with Crippen molar-refractivity contribution < 1.29 is 14.4 Å². The first-order valence-electron chi connectivity index (χ1n) is 4.98. The van der Waals surface area contributed by atoms with Gasteiger partial charge in [-0.2, -0.15) is 0 Å². The normalized spacial score (nSPS) is 27.7. The van der Waals surface area contributed by atoms with Crippen LogP contribution in [0, 0.1) is 0 Å². The molecular formula is C9H9Cl2N4O3P. The molecule has 1 aromatic rings. The quantitative estimate of drug-likeness (QED) is 0.544. The van der Waals surface area contributed by atoms with E-state index in [2.05, 4.69) is 15.0 Å². The van der Waals surface area contributed by atoms with Crippen LogP contribution in [0.25, 0.3) is 0 Å². The molecule has 0 saturated carbocycles. The molecule has 0 aromatic carbocycles. The highest BCUT2D eigenvalue weighted by molar-refractivity contribution is 7.53. The summed E-state index contributed by atoms with van der Waals surface area (Å²) in [6.45, 7) is 0. The summed E-state index contributed by atoms with van der Waals surface area (Å²) in [4.78, 5) is 28.3. The molecule has 2 atom stereocenters. The molecule has 4 N–H and O–H groups in total. The van der Waals surface area contributed by atoms with Gasteiger partial charge in [0.1, 0.15) is 18.3 Å². The zero-order valence-electron chi connectivity index (χ0n) is 9.31.